The van der Waals surface area contributed by atoms with Gasteiger partial charge in [-0.2, -0.15) is 0 Å². The molecule has 0 N–H and O–H groups in total. The van der Waals surface area contributed by atoms with Crippen molar-refractivity contribution in [2.75, 3.05) is 31.1 Å². The second-order valence-electron chi connectivity index (χ2n) is 5.65. The van der Waals surface area contributed by atoms with Crippen molar-refractivity contribution >= 4 is 34.8 Å². The third-order valence-electron chi connectivity index (χ3n) is 4.05. The Labute approximate surface area is 146 Å². The van der Waals surface area contributed by atoms with Crippen molar-refractivity contribution in [2.45, 2.75) is 6.42 Å². The summed E-state index contributed by atoms with van der Waals surface area (Å²) in [5.41, 5.74) is 2.07. The predicted octanol–water partition coefficient (Wildman–Crippen LogP) is 3.88. The summed E-state index contributed by atoms with van der Waals surface area (Å²) >= 11 is 12.0. The number of benzene rings is 2. The van der Waals surface area contributed by atoms with E-state index >= 15 is 0 Å². The minimum Gasteiger partial charge on any atom is -0.368 e. The summed E-state index contributed by atoms with van der Waals surface area (Å²) in [5.74, 6) is 0.151. The Balaban J connectivity index is 1.57. The van der Waals surface area contributed by atoms with Gasteiger partial charge in [-0.05, 0) is 35.9 Å². The van der Waals surface area contributed by atoms with Gasteiger partial charge in [0.1, 0.15) is 0 Å². The Morgan fingerprint density at radius 1 is 0.913 bits per heavy atom. The zero-order valence-corrected chi connectivity index (χ0v) is 14.2. The summed E-state index contributed by atoms with van der Waals surface area (Å²) in [7, 11) is 0. The Bertz CT molecular complexity index is 697. The summed E-state index contributed by atoms with van der Waals surface area (Å²) in [6.07, 6.45) is 0.401. The lowest BCUT2D eigenvalue weighted by molar-refractivity contribution is -0.130. The fourth-order valence-electron chi connectivity index (χ4n) is 2.82. The molecule has 0 aliphatic carbocycles. The number of hydrogen-bond donors (Lipinski definition) is 0. The maximum absolute atomic E-state index is 12.4. The number of carbonyl (C=O) groups is 1. The molecule has 0 aromatic heterocycles. The van der Waals surface area contributed by atoms with Gasteiger partial charge in [-0.15, -0.1) is 0 Å². The van der Waals surface area contributed by atoms with Gasteiger partial charge in [0.25, 0.3) is 0 Å². The molecule has 1 saturated heterocycles. The third kappa shape index (κ3) is 4.18. The minimum absolute atomic E-state index is 0.151. The molecule has 0 unspecified atom stereocenters. The van der Waals surface area contributed by atoms with Gasteiger partial charge in [0.05, 0.1) is 6.42 Å². The molecular weight excluding hydrogens is 331 g/mol. The van der Waals surface area contributed by atoms with Crippen molar-refractivity contribution < 1.29 is 4.79 Å². The van der Waals surface area contributed by atoms with E-state index < -0.39 is 0 Å². The largest absolute Gasteiger partial charge is 0.368 e. The third-order valence-corrected chi connectivity index (χ3v) is 4.52. The van der Waals surface area contributed by atoms with Crippen LogP contribution in [0, 0.1) is 0 Å². The monoisotopic (exact) mass is 348 g/mol. The molecule has 2 aromatic rings. The Morgan fingerprint density at radius 3 is 2.22 bits per heavy atom. The molecule has 0 bridgehead atoms. The number of anilines is 1. The highest BCUT2D eigenvalue weighted by molar-refractivity contribution is 6.31. The first-order chi connectivity index (χ1) is 11.1. The molecule has 3 nitrogen and oxygen atoms in total. The second kappa shape index (κ2) is 7.24. The van der Waals surface area contributed by atoms with Crippen molar-refractivity contribution in [3.05, 3.63) is 64.1 Å². The summed E-state index contributed by atoms with van der Waals surface area (Å²) < 4.78 is 0. The number of nitrogens with zero attached hydrogens (tertiary/aromatic N) is 2. The zero-order valence-electron chi connectivity index (χ0n) is 12.7. The molecule has 1 amide bonds. The van der Waals surface area contributed by atoms with Crippen molar-refractivity contribution in [3.63, 3.8) is 0 Å². The van der Waals surface area contributed by atoms with Crippen molar-refractivity contribution in [3.8, 4) is 0 Å². The van der Waals surface area contributed by atoms with E-state index in [1.165, 1.54) is 0 Å². The normalized spacial score (nSPS) is 14.9. The van der Waals surface area contributed by atoms with E-state index in [1.807, 2.05) is 47.4 Å². The van der Waals surface area contributed by atoms with Crippen molar-refractivity contribution in [2.24, 2.45) is 0 Å². The number of carbonyl (C=O) groups excluding carboxylic acids is 1. The molecule has 1 aliphatic heterocycles. The zero-order chi connectivity index (χ0) is 16.2. The Hall–Kier alpha value is -1.71. The molecule has 5 heteroatoms. The van der Waals surface area contributed by atoms with Crippen molar-refractivity contribution in [1.82, 2.24) is 4.90 Å². The quantitative estimate of drug-likeness (QED) is 0.840. The fraction of sp³-hybridized carbons (Fsp3) is 0.278. The number of halogens is 2. The molecule has 3 rings (SSSR count). The molecule has 0 saturated carbocycles. The molecule has 2 aromatic carbocycles. The van der Waals surface area contributed by atoms with Gasteiger partial charge in [0, 0.05) is 41.9 Å². The van der Waals surface area contributed by atoms with Crippen LogP contribution in [0.4, 0.5) is 5.69 Å². The lowest BCUT2D eigenvalue weighted by Crippen LogP contribution is -2.49. The average molecular weight is 349 g/mol. The number of amides is 1. The maximum Gasteiger partial charge on any atom is 0.227 e. The molecule has 23 heavy (non-hydrogen) atoms. The van der Waals surface area contributed by atoms with Gasteiger partial charge < -0.3 is 9.80 Å². The maximum atomic E-state index is 12.4. The summed E-state index contributed by atoms with van der Waals surface area (Å²) in [4.78, 5) is 16.6. The van der Waals surface area contributed by atoms with E-state index in [0.717, 1.165) is 42.5 Å². The molecule has 0 radical (unpaired) electrons. The molecule has 1 heterocycles. The lowest BCUT2D eigenvalue weighted by Gasteiger charge is -2.36. The van der Waals surface area contributed by atoms with Crippen LogP contribution >= 0.6 is 23.2 Å². The van der Waals surface area contributed by atoms with Gasteiger partial charge in [-0.3, -0.25) is 4.79 Å². The van der Waals surface area contributed by atoms with Crippen LogP contribution in [-0.4, -0.2) is 37.0 Å². The van der Waals surface area contributed by atoms with Gasteiger partial charge in [-0.1, -0.05) is 41.4 Å². The van der Waals surface area contributed by atoms with Gasteiger partial charge in [0.2, 0.25) is 5.91 Å². The highest BCUT2D eigenvalue weighted by Gasteiger charge is 2.21. The molecule has 120 valence electrons. The average Bonchev–Trinajstić information content (AvgIpc) is 2.55. The van der Waals surface area contributed by atoms with Crippen LogP contribution in [0.1, 0.15) is 5.56 Å². The summed E-state index contributed by atoms with van der Waals surface area (Å²) in [6, 6.07) is 15.3. The Morgan fingerprint density at radius 2 is 1.57 bits per heavy atom. The smallest absolute Gasteiger partial charge is 0.227 e. The number of piperazine rings is 1. The van der Waals surface area contributed by atoms with Crippen LogP contribution in [0.15, 0.2) is 48.5 Å². The number of hydrogen-bond acceptors (Lipinski definition) is 2. The van der Waals surface area contributed by atoms with Crippen LogP contribution in [0.25, 0.3) is 0 Å². The van der Waals surface area contributed by atoms with Gasteiger partial charge in [-0.25, -0.2) is 0 Å². The highest BCUT2D eigenvalue weighted by atomic mass is 35.5. The van der Waals surface area contributed by atoms with Crippen LogP contribution < -0.4 is 4.90 Å². The first kappa shape index (κ1) is 16.2. The van der Waals surface area contributed by atoms with E-state index in [0.29, 0.717) is 11.4 Å². The topological polar surface area (TPSA) is 23.6 Å². The van der Waals surface area contributed by atoms with Crippen LogP contribution in [0.5, 0.6) is 0 Å². The van der Waals surface area contributed by atoms with Crippen LogP contribution in [0.3, 0.4) is 0 Å². The number of rotatable bonds is 3. The van der Waals surface area contributed by atoms with E-state index in [2.05, 4.69) is 11.0 Å². The van der Waals surface area contributed by atoms with Gasteiger partial charge >= 0.3 is 0 Å². The van der Waals surface area contributed by atoms with E-state index in [-0.39, 0.29) is 5.91 Å². The van der Waals surface area contributed by atoms with E-state index in [4.69, 9.17) is 23.2 Å². The molecule has 0 atom stereocenters. The predicted molar refractivity (Wildman–Crippen MR) is 95.4 cm³/mol. The first-order valence-corrected chi connectivity index (χ1v) is 8.40. The standard InChI is InChI=1S/C18H18Cl2N2O/c19-15-4-1-3-14(11-15)12-18(23)22-9-7-21(8-10-22)17-6-2-5-16(20)13-17/h1-6,11,13H,7-10,12H2. The molecule has 1 fully saturated rings. The Kier molecular flexibility index (Phi) is 5.09. The summed E-state index contributed by atoms with van der Waals surface area (Å²) in [5, 5.41) is 1.41. The lowest BCUT2D eigenvalue weighted by atomic mass is 10.1. The minimum atomic E-state index is 0.151. The van der Waals surface area contributed by atoms with E-state index in [1.54, 1.807) is 0 Å². The fourth-order valence-corrected chi connectivity index (χ4v) is 3.22. The molecule has 0 spiro atoms. The van der Waals surface area contributed by atoms with Crippen LogP contribution in [-0.2, 0) is 11.2 Å². The van der Waals surface area contributed by atoms with Crippen LogP contribution in [0.2, 0.25) is 10.0 Å². The summed E-state index contributed by atoms with van der Waals surface area (Å²) in [6.45, 7) is 3.10. The van der Waals surface area contributed by atoms with Gasteiger partial charge in [0.15, 0.2) is 0 Å². The highest BCUT2D eigenvalue weighted by Crippen LogP contribution is 2.21. The SMILES string of the molecule is O=C(Cc1cccc(Cl)c1)N1CCN(c2cccc(Cl)c2)CC1. The first-order valence-electron chi connectivity index (χ1n) is 7.64. The molecule has 1 aliphatic rings. The van der Waals surface area contributed by atoms with Crippen molar-refractivity contribution in [1.29, 1.82) is 0 Å². The molecular formula is C18H18Cl2N2O. The van der Waals surface area contributed by atoms with E-state index in [9.17, 15) is 4.79 Å². The second-order valence-corrected chi connectivity index (χ2v) is 6.53.